The summed E-state index contributed by atoms with van der Waals surface area (Å²) in [6, 6.07) is 3.42. The second-order valence-electron chi connectivity index (χ2n) is 4.90. The summed E-state index contributed by atoms with van der Waals surface area (Å²) in [6.07, 6.45) is 10.6. The summed E-state index contributed by atoms with van der Waals surface area (Å²) in [4.78, 5) is 16.7. The number of carbonyl (C=O) groups is 1. The van der Waals surface area contributed by atoms with Gasteiger partial charge in [0.25, 0.3) is 0 Å². The third-order valence-corrected chi connectivity index (χ3v) is 3.22. The monoisotopic (exact) mass is 272 g/mol. The lowest BCUT2D eigenvalue weighted by atomic mass is 10.1. The van der Waals surface area contributed by atoms with Gasteiger partial charge >= 0.3 is 5.97 Å². The summed E-state index contributed by atoms with van der Waals surface area (Å²) in [5.74, 6) is 0.109. The van der Waals surface area contributed by atoms with E-state index in [2.05, 4.69) is 24.1 Å². The van der Waals surface area contributed by atoms with E-state index in [0.29, 0.717) is 17.2 Å². The molecule has 104 valence electrons. The van der Waals surface area contributed by atoms with Crippen LogP contribution in [-0.2, 0) is 4.74 Å². The van der Waals surface area contributed by atoms with Crippen LogP contribution in [0.15, 0.2) is 47.4 Å². The molecule has 1 aliphatic rings. The van der Waals surface area contributed by atoms with Gasteiger partial charge in [-0.2, -0.15) is 0 Å². The molecule has 5 heteroatoms. The van der Waals surface area contributed by atoms with Gasteiger partial charge in [0.15, 0.2) is 12.3 Å². The fraction of sp³-hybridized carbons (Fsp3) is 0.267. The van der Waals surface area contributed by atoms with Gasteiger partial charge in [-0.05, 0) is 12.3 Å². The Bertz CT molecular complexity index is 637. The molecular formula is C15H16N2O3. The number of aromatic nitrogens is 1. The third kappa shape index (κ3) is 2.61. The van der Waals surface area contributed by atoms with Crippen molar-refractivity contribution in [3.8, 4) is 0 Å². The number of ether oxygens (including phenoxy) is 1. The van der Waals surface area contributed by atoms with E-state index in [1.54, 1.807) is 18.4 Å². The second kappa shape index (κ2) is 5.28. The molecule has 1 N–H and O–H groups in total. The first kappa shape index (κ1) is 12.6. The highest BCUT2D eigenvalue weighted by Gasteiger charge is 2.13. The van der Waals surface area contributed by atoms with Crippen LogP contribution in [0, 0.1) is 5.92 Å². The van der Waals surface area contributed by atoms with Gasteiger partial charge in [0.2, 0.25) is 0 Å². The molecule has 0 saturated heterocycles. The molecule has 0 radical (unpaired) electrons. The molecular weight excluding hydrogens is 256 g/mol. The van der Waals surface area contributed by atoms with Crippen LogP contribution in [0.3, 0.4) is 0 Å². The van der Waals surface area contributed by atoms with E-state index in [1.807, 2.05) is 17.3 Å². The molecule has 0 amide bonds. The quantitative estimate of drug-likeness (QED) is 0.871. The summed E-state index contributed by atoms with van der Waals surface area (Å²) >= 11 is 0. The molecule has 20 heavy (non-hydrogen) atoms. The first-order valence-corrected chi connectivity index (χ1v) is 6.56. The molecule has 5 nitrogen and oxygen atoms in total. The van der Waals surface area contributed by atoms with Gasteiger partial charge in [-0.3, -0.25) is 0 Å². The Morgan fingerprint density at radius 1 is 1.55 bits per heavy atom. The van der Waals surface area contributed by atoms with Crippen LogP contribution < -0.4 is 0 Å². The highest BCUT2D eigenvalue weighted by Crippen LogP contribution is 2.17. The van der Waals surface area contributed by atoms with Crippen LogP contribution in [0.4, 0.5) is 0 Å². The maximum absolute atomic E-state index is 11.9. The summed E-state index contributed by atoms with van der Waals surface area (Å²) in [5, 5.41) is 0. The van der Waals surface area contributed by atoms with Crippen molar-refractivity contribution in [2.24, 2.45) is 5.92 Å². The smallest absolute Gasteiger partial charge is 0.356 e. The first-order valence-electron chi connectivity index (χ1n) is 6.56. The number of hydrogen-bond acceptors (Lipinski definition) is 4. The fourth-order valence-electron chi connectivity index (χ4n) is 2.05. The zero-order chi connectivity index (χ0) is 13.9. The van der Waals surface area contributed by atoms with Crippen LogP contribution in [-0.4, -0.2) is 22.6 Å². The van der Waals surface area contributed by atoms with Gasteiger partial charge in [0.1, 0.15) is 5.69 Å². The number of H-pyrrole nitrogens is 1. The summed E-state index contributed by atoms with van der Waals surface area (Å²) in [7, 11) is 0. The zero-order valence-electron chi connectivity index (χ0n) is 11.2. The van der Waals surface area contributed by atoms with Crippen molar-refractivity contribution in [2.45, 2.75) is 13.3 Å². The Hall–Kier alpha value is -2.43. The van der Waals surface area contributed by atoms with Crippen LogP contribution in [0.25, 0.3) is 11.1 Å². The van der Waals surface area contributed by atoms with Crippen LogP contribution in [0.5, 0.6) is 0 Å². The van der Waals surface area contributed by atoms with Crippen LogP contribution in [0.2, 0.25) is 0 Å². The van der Waals surface area contributed by atoms with E-state index < -0.39 is 5.97 Å². The molecule has 0 saturated carbocycles. The van der Waals surface area contributed by atoms with Crippen molar-refractivity contribution in [1.29, 1.82) is 0 Å². The number of fused-ring (bicyclic) bond motifs is 1. The number of furan rings is 1. The topological polar surface area (TPSA) is 58.5 Å². The van der Waals surface area contributed by atoms with E-state index in [0.717, 1.165) is 11.9 Å². The SMILES string of the molecule is CC1C=CN(COC(=O)c2cc3occc3[nH]2)C=CC1. The minimum atomic E-state index is -0.393. The summed E-state index contributed by atoms with van der Waals surface area (Å²) < 4.78 is 10.5. The lowest BCUT2D eigenvalue weighted by Crippen LogP contribution is -2.18. The number of aromatic amines is 1. The number of esters is 1. The zero-order valence-corrected chi connectivity index (χ0v) is 11.2. The number of hydrogen-bond donors (Lipinski definition) is 1. The largest absolute Gasteiger partial charge is 0.463 e. The molecule has 2 aromatic rings. The van der Waals surface area contributed by atoms with Gasteiger partial charge in [-0.25, -0.2) is 4.79 Å². The number of nitrogens with one attached hydrogen (secondary N) is 1. The highest BCUT2D eigenvalue weighted by atomic mass is 16.5. The van der Waals surface area contributed by atoms with Gasteiger partial charge in [-0.15, -0.1) is 0 Å². The number of allylic oxidation sites excluding steroid dienone is 2. The molecule has 1 aliphatic heterocycles. The Morgan fingerprint density at radius 2 is 2.45 bits per heavy atom. The number of carbonyl (C=O) groups excluding carboxylic acids is 1. The molecule has 0 aromatic carbocycles. The molecule has 0 bridgehead atoms. The predicted octanol–water partition coefficient (Wildman–Crippen LogP) is 3.24. The molecule has 0 aliphatic carbocycles. The number of rotatable bonds is 3. The molecule has 0 fully saturated rings. The molecule has 1 atom stereocenters. The van der Waals surface area contributed by atoms with Gasteiger partial charge < -0.3 is 19.0 Å². The standard InChI is InChI=1S/C15H16N2O3/c1-11-3-2-6-17(7-4-11)10-20-15(18)13-9-14-12(16-13)5-8-19-14/h2,4-9,11,16H,3,10H2,1H3. The van der Waals surface area contributed by atoms with Crippen molar-refractivity contribution in [1.82, 2.24) is 9.88 Å². The molecule has 1 unspecified atom stereocenters. The summed E-state index contributed by atoms with van der Waals surface area (Å²) in [6.45, 7) is 2.34. The Balaban J connectivity index is 1.62. The van der Waals surface area contributed by atoms with E-state index in [1.165, 1.54) is 0 Å². The lowest BCUT2D eigenvalue weighted by molar-refractivity contribution is 0.0370. The minimum absolute atomic E-state index is 0.193. The first-order chi connectivity index (χ1) is 9.72. The normalized spacial score (nSPS) is 18.4. The molecule has 3 rings (SSSR count). The maximum atomic E-state index is 11.9. The molecule has 0 spiro atoms. The van der Waals surface area contributed by atoms with E-state index in [4.69, 9.17) is 9.15 Å². The average molecular weight is 272 g/mol. The average Bonchev–Trinajstić information content (AvgIpc) is 2.95. The molecule has 2 aromatic heterocycles. The second-order valence-corrected chi connectivity index (χ2v) is 4.90. The van der Waals surface area contributed by atoms with E-state index in [-0.39, 0.29) is 6.73 Å². The van der Waals surface area contributed by atoms with Crippen LogP contribution >= 0.6 is 0 Å². The van der Waals surface area contributed by atoms with Crippen molar-refractivity contribution in [3.05, 3.63) is 48.6 Å². The van der Waals surface area contributed by atoms with Crippen LogP contribution in [0.1, 0.15) is 23.8 Å². The fourth-order valence-corrected chi connectivity index (χ4v) is 2.05. The Morgan fingerprint density at radius 3 is 3.30 bits per heavy atom. The van der Waals surface area contributed by atoms with Crippen molar-refractivity contribution in [3.63, 3.8) is 0 Å². The number of nitrogens with zero attached hydrogens (tertiary/aromatic N) is 1. The maximum Gasteiger partial charge on any atom is 0.356 e. The predicted molar refractivity (Wildman–Crippen MR) is 74.7 cm³/mol. The van der Waals surface area contributed by atoms with Gasteiger partial charge in [0.05, 0.1) is 11.8 Å². The summed E-state index contributed by atoms with van der Waals surface area (Å²) in [5.41, 5.74) is 1.84. The van der Waals surface area contributed by atoms with E-state index in [9.17, 15) is 4.79 Å². The van der Waals surface area contributed by atoms with Crippen molar-refractivity contribution < 1.29 is 13.9 Å². The van der Waals surface area contributed by atoms with E-state index >= 15 is 0 Å². The Labute approximate surface area is 116 Å². The molecule has 3 heterocycles. The third-order valence-electron chi connectivity index (χ3n) is 3.22. The highest BCUT2D eigenvalue weighted by molar-refractivity contribution is 5.93. The lowest BCUT2D eigenvalue weighted by Gasteiger charge is -2.14. The van der Waals surface area contributed by atoms with Gasteiger partial charge in [0, 0.05) is 24.5 Å². The minimum Gasteiger partial charge on any atom is -0.463 e. The van der Waals surface area contributed by atoms with Crippen molar-refractivity contribution in [2.75, 3.05) is 6.73 Å². The Kier molecular flexibility index (Phi) is 3.33. The van der Waals surface area contributed by atoms with Crippen molar-refractivity contribution >= 4 is 17.1 Å². The van der Waals surface area contributed by atoms with Gasteiger partial charge in [-0.1, -0.05) is 19.1 Å².